The van der Waals surface area contributed by atoms with E-state index in [4.69, 9.17) is 9.29 Å². The number of isocyanates is 1. The van der Waals surface area contributed by atoms with Crippen LogP contribution >= 0.6 is 0 Å². The molecule has 0 heterocycles. The van der Waals surface area contributed by atoms with Gasteiger partial charge in [0.25, 0.3) is 10.1 Å². The van der Waals surface area contributed by atoms with Gasteiger partial charge in [-0.1, -0.05) is 0 Å². The maximum Gasteiger partial charge on any atom is 0.264 e. The van der Waals surface area contributed by atoms with Crippen molar-refractivity contribution in [2.24, 2.45) is 4.99 Å². The van der Waals surface area contributed by atoms with Crippen LogP contribution in [0.4, 0.5) is 5.69 Å². The average molecular weight is 403 g/mol. The first kappa shape index (κ1) is 21.2. The van der Waals surface area contributed by atoms with Crippen LogP contribution in [0.15, 0.2) is 53.5 Å². The summed E-state index contributed by atoms with van der Waals surface area (Å²) in [6.07, 6.45) is 1.41. The molecule has 1 N–H and O–H groups in total. The summed E-state index contributed by atoms with van der Waals surface area (Å²) in [7, 11) is -4.08. The SMILES string of the molecule is O=C=Nc1ccc(C(=O)c2ccc(OCC(=O)CCCS(=O)(=O)O)cc2)cc1. The van der Waals surface area contributed by atoms with Gasteiger partial charge in [-0.05, 0) is 55.0 Å². The molecule has 0 aliphatic heterocycles. The summed E-state index contributed by atoms with van der Waals surface area (Å²) in [5.74, 6) is -0.621. The van der Waals surface area contributed by atoms with Gasteiger partial charge in [0.05, 0.1) is 11.4 Å². The third kappa shape index (κ3) is 6.88. The van der Waals surface area contributed by atoms with E-state index in [0.29, 0.717) is 22.6 Å². The molecule has 0 saturated carbocycles. The summed E-state index contributed by atoms with van der Waals surface area (Å²) in [6.45, 7) is -0.239. The van der Waals surface area contributed by atoms with Crippen LogP contribution in [-0.2, 0) is 19.7 Å². The minimum absolute atomic E-state index is 0.0193. The number of rotatable bonds is 10. The fourth-order valence-electron chi connectivity index (χ4n) is 2.30. The van der Waals surface area contributed by atoms with Crippen molar-refractivity contribution in [1.29, 1.82) is 0 Å². The molecule has 2 aromatic rings. The van der Waals surface area contributed by atoms with E-state index >= 15 is 0 Å². The van der Waals surface area contributed by atoms with Crippen molar-refractivity contribution in [2.45, 2.75) is 12.8 Å². The molecule has 0 radical (unpaired) electrons. The number of hydrogen-bond acceptors (Lipinski definition) is 7. The Morgan fingerprint density at radius 1 is 1.00 bits per heavy atom. The average Bonchev–Trinajstić information content (AvgIpc) is 2.66. The normalized spacial score (nSPS) is 10.8. The van der Waals surface area contributed by atoms with Gasteiger partial charge in [0.1, 0.15) is 12.4 Å². The number of Topliss-reactive ketones (excluding diaryl/α,β-unsaturated/α-hetero) is 1. The molecule has 9 heteroatoms. The maximum atomic E-state index is 12.4. The molecule has 0 aliphatic rings. The predicted molar refractivity (Wildman–Crippen MR) is 100 cm³/mol. The number of aliphatic imine (C=N–C) groups is 1. The monoisotopic (exact) mass is 403 g/mol. The Morgan fingerprint density at radius 3 is 2.11 bits per heavy atom. The zero-order valence-corrected chi connectivity index (χ0v) is 15.5. The van der Waals surface area contributed by atoms with Crippen molar-refractivity contribution in [2.75, 3.05) is 12.4 Å². The number of benzene rings is 2. The number of hydrogen-bond donors (Lipinski definition) is 1. The Morgan fingerprint density at radius 2 is 1.57 bits per heavy atom. The maximum absolute atomic E-state index is 12.4. The molecule has 0 aromatic heterocycles. The summed E-state index contributed by atoms with van der Waals surface area (Å²) in [5.41, 5.74) is 1.24. The molecular formula is C19H17NO7S. The summed E-state index contributed by atoms with van der Waals surface area (Å²) in [5, 5.41) is 0. The molecule has 2 rings (SSSR count). The first-order valence-electron chi connectivity index (χ1n) is 8.21. The number of carbonyl (C=O) groups is 2. The van der Waals surface area contributed by atoms with Crippen molar-refractivity contribution in [3.8, 4) is 5.75 Å². The zero-order chi connectivity index (χ0) is 20.6. The lowest BCUT2D eigenvalue weighted by atomic mass is 10.0. The second kappa shape index (κ2) is 9.70. The largest absolute Gasteiger partial charge is 0.486 e. The topological polar surface area (TPSA) is 127 Å². The molecule has 0 unspecified atom stereocenters. The Kier molecular flexibility index (Phi) is 7.34. The molecular weight excluding hydrogens is 386 g/mol. The van der Waals surface area contributed by atoms with Gasteiger partial charge in [0, 0.05) is 17.5 Å². The van der Waals surface area contributed by atoms with Gasteiger partial charge in [0.15, 0.2) is 11.6 Å². The van der Waals surface area contributed by atoms with Crippen LogP contribution < -0.4 is 4.74 Å². The molecule has 28 heavy (non-hydrogen) atoms. The second-order valence-corrected chi connectivity index (χ2v) is 7.39. The molecule has 0 aliphatic carbocycles. The van der Waals surface area contributed by atoms with Crippen LogP contribution in [0.5, 0.6) is 5.75 Å². The van der Waals surface area contributed by atoms with Gasteiger partial charge in [-0.25, -0.2) is 4.79 Å². The van der Waals surface area contributed by atoms with Gasteiger partial charge in [-0.3, -0.25) is 14.1 Å². The fourth-order valence-corrected chi connectivity index (χ4v) is 2.81. The standard InChI is InChI=1S/C19H17NO7S/c21-13-20-16-7-3-14(4-8-16)19(23)15-5-9-18(10-6-15)27-12-17(22)2-1-11-28(24,25)26/h3-10H,1-2,11-12H2,(H,24,25,26). The first-order chi connectivity index (χ1) is 13.3. The van der Waals surface area contributed by atoms with E-state index < -0.39 is 15.9 Å². The van der Waals surface area contributed by atoms with E-state index in [2.05, 4.69) is 4.99 Å². The highest BCUT2D eigenvalue weighted by atomic mass is 32.2. The van der Waals surface area contributed by atoms with Gasteiger partial charge in [-0.2, -0.15) is 13.4 Å². The minimum atomic E-state index is -4.08. The van der Waals surface area contributed by atoms with Crippen molar-refractivity contribution in [3.63, 3.8) is 0 Å². The van der Waals surface area contributed by atoms with E-state index in [1.165, 1.54) is 18.2 Å². The van der Waals surface area contributed by atoms with Crippen molar-refractivity contribution in [1.82, 2.24) is 0 Å². The summed E-state index contributed by atoms with van der Waals surface area (Å²) in [4.78, 5) is 37.7. The van der Waals surface area contributed by atoms with Crippen LogP contribution in [0.1, 0.15) is 28.8 Å². The van der Waals surface area contributed by atoms with Gasteiger partial charge in [-0.15, -0.1) is 0 Å². The van der Waals surface area contributed by atoms with E-state index in [-0.39, 0.29) is 31.0 Å². The second-order valence-electron chi connectivity index (χ2n) is 5.82. The third-order valence-electron chi connectivity index (χ3n) is 3.68. The number of nitrogens with zero attached hydrogens (tertiary/aromatic N) is 1. The number of carbonyl (C=O) groups excluding carboxylic acids is 3. The van der Waals surface area contributed by atoms with E-state index in [0.717, 1.165) is 0 Å². The Hall–Kier alpha value is -3.13. The van der Waals surface area contributed by atoms with Crippen molar-refractivity contribution < 1.29 is 32.1 Å². The third-order valence-corrected chi connectivity index (χ3v) is 4.48. The van der Waals surface area contributed by atoms with Gasteiger partial charge >= 0.3 is 0 Å². The minimum Gasteiger partial charge on any atom is -0.486 e. The van der Waals surface area contributed by atoms with Crippen LogP contribution in [0.2, 0.25) is 0 Å². The molecule has 0 bridgehead atoms. The summed E-state index contributed by atoms with van der Waals surface area (Å²) in [6, 6.07) is 12.4. The highest BCUT2D eigenvalue weighted by Gasteiger charge is 2.11. The Labute approximate surface area is 161 Å². The van der Waals surface area contributed by atoms with E-state index in [1.807, 2.05) is 0 Å². The van der Waals surface area contributed by atoms with Gasteiger partial charge < -0.3 is 4.74 Å². The zero-order valence-electron chi connectivity index (χ0n) is 14.7. The molecule has 8 nitrogen and oxygen atoms in total. The highest BCUT2D eigenvalue weighted by molar-refractivity contribution is 7.85. The summed E-state index contributed by atoms with van der Waals surface area (Å²) >= 11 is 0. The van der Waals surface area contributed by atoms with Crippen molar-refractivity contribution >= 4 is 33.5 Å². The van der Waals surface area contributed by atoms with E-state index in [9.17, 15) is 22.8 Å². The lowest BCUT2D eigenvalue weighted by molar-refractivity contribution is -0.121. The molecule has 0 atom stereocenters. The molecule has 0 spiro atoms. The van der Waals surface area contributed by atoms with Gasteiger partial charge in [0.2, 0.25) is 6.08 Å². The first-order valence-corrected chi connectivity index (χ1v) is 9.82. The Balaban J connectivity index is 1.89. The van der Waals surface area contributed by atoms with Crippen LogP contribution in [0.25, 0.3) is 0 Å². The number of ether oxygens (including phenoxy) is 1. The molecule has 0 amide bonds. The smallest absolute Gasteiger partial charge is 0.264 e. The molecule has 0 saturated heterocycles. The fraction of sp³-hybridized carbons (Fsp3) is 0.211. The lowest BCUT2D eigenvalue weighted by Gasteiger charge is -2.07. The molecule has 146 valence electrons. The predicted octanol–water partition coefficient (Wildman–Crippen LogP) is 2.50. The van der Waals surface area contributed by atoms with Crippen LogP contribution in [-0.4, -0.2) is 43.0 Å². The quantitative estimate of drug-likeness (QED) is 0.279. The summed E-state index contributed by atoms with van der Waals surface area (Å²) < 4.78 is 35.1. The highest BCUT2D eigenvalue weighted by Crippen LogP contribution is 2.18. The lowest BCUT2D eigenvalue weighted by Crippen LogP contribution is -2.13. The Bertz CT molecular complexity index is 990. The number of ketones is 2. The van der Waals surface area contributed by atoms with Crippen molar-refractivity contribution in [3.05, 3.63) is 59.7 Å². The van der Waals surface area contributed by atoms with Crippen LogP contribution in [0.3, 0.4) is 0 Å². The van der Waals surface area contributed by atoms with E-state index in [1.54, 1.807) is 36.4 Å². The molecule has 2 aromatic carbocycles. The molecule has 0 fully saturated rings. The van der Waals surface area contributed by atoms with Crippen LogP contribution in [0, 0.1) is 0 Å².